The van der Waals surface area contributed by atoms with Gasteiger partial charge in [0.25, 0.3) is 5.56 Å². The Balaban J connectivity index is 0.00000400. The van der Waals surface area contributed by atoms with Crippen molar-refractivity contribution in [2.75, 3.05) is 18.9 Å². The fourth-order valence-corrected chi connectivity index (χ4v) is 5.26. The van der Waals surface area contributed by atoms with Crippen LogP contribution in [0.5, 0.6) is 0 Å². The van der Waals surface area contributed by atoms with E-state index in [1.165, 1.54) is 25.4 Å². The third-order valence-electron chi connectivity index (χ3n) is 6.08. The minimum Gasteiger partial charge on any atom is -0.394 e. The molecular formula is C19H30N7O11P. The highest BCUT2D eigenvalue weighted by atomic mass is 31.2. The van der Waals surface area contributed by atoms with Gasteiger partial charge in [0.15, 0.2) is 6.23 Å². The Bertz CT molecular complexity index is 1360. The summed E-state index contributed by atoms with van der Waals surface area (Å²) in [5.41, 5.74) is 3.52. The van der Waals surface area contributed by atoms with Crippen molar-refractivity contribution in [1.82, 2.24) is 30.3 Å². The number of H-pyrrole nitrogens is 1. The first kappa shape index (κ1) is 29.8. The van der Waals surface area contributed by atoms with Crippen molar-refractivity contribution in [3.05, 3.63) is 55.3 Å². The first-order valence-corrected chi connectivity index (χ1v) is 12.7. The Morgan fingerprint density at radius 1 is 1.24 bits per heavy atom. The average molecular weight is 563 g/mol. The van der Waals surface area contributed by atoms with Crippen molar-refractivity contribution < 1.29 is 38.8 Å². The molecule has 0 aliphatic carbocycles. The molecule has 0 amide bonds. The minimum atomic E-state index is -4.60. The largest absolute Gasteiger partial charge is 0.403 e. The van der Waals surface area contributed by atoms with Crippen LogP contribution in [-0.2, 0) is 18.6 Å². The Labute approximate surface area is 213 Å². The van der Waals surface area contributed by atoms with Crippen LogP contribution in [0.25, 0.3) is 0 Å². The second-order valence-electron chi connectivity index (χ2n) is 8.67. The summed E-state index contributed by atoms with van der Waals surface area (Å²) >= 11 is 0. The lowest BCUT2D eigenvalue weighted by molar-refractivity contribution is -0.0530. The van der Waals surface area contributed by atoms with Crippen LogP contribution in [0, 0.1) is 6.92 Å². The molecule has 2 saturated heterocycles. The van der Waals surface area contributed by atoms with Crippen molar-refractivity contribution in [1.29, 1.82) is 0 Å². The molecule has 2 aliphatic rings. The summed E-state index contributed by atoms with van der Waals surface area (Å²) in [6, 6.07) is 0.341. The van der Waals surface area contributed by atoms with Crippen molar-refractivity contribution in [3.8, 4) is 0 Å². The van der Waals surface area contributed by atoms with E-state index < -0.39 is 80.8 Å². The normalized spacial score (nSPS) is 30.6. The fraction of sp³-hybridized carbons (Fsp3) is 0.579. The highest BCUT2D eigenvalue weighted by Crippen LogP contribution is 2.42. The number of hydrogen-bond acceptors (Lipinski definition) is 13. The summed E-state index contributed by atoms with van der Waals surface area (Å²) in [6.45, 7) is 0.264. The van der Waals surface area contributed by atoms with Crippen LogP contribution in [0.4, 0.5) is 5.82 Å². The van der Waals surface area contributed by atoms with Gasteiger partial charge in [0.2, 0.25) is 0 Å². The maximum atomic E-state index is 12.7. The average Bonchev–Trinajstić information content (AvgIpc) is 3.35. The van der Waals surface area contributed by atoms with Crippen LogP contribution < -0.4 is 33.9 Å². The number of nitrogens with two attached hydrogens (primary N) is 1. The number of nitrogens with one attached hydrogen (secondary N) is 2. The number of rotatable bonds is 8. The van der Waals surface area contributed by atoms with Gasteiger partial charge >= 0.3 is 19.1 Å². The summed E-state index contributed by atoms with van der Waals surface area (Å²) in [7, 11) is -4.60. The van der Waals surface area contributed by atoms with Crippen LogP contribution in [0.2, 0.25) is 0 Å². The van der Waals surface area contributed by atoms with Gasteiger partial charge in [0, 0.05) is 24.4 Å². The second kappa shape index (κ2) is 11.5. The van der Waals surface area contributed by atoms with E-state index in [4.69, 9.17) is 19.7 Å². The summed E-state index contributed by atoms with van der Waals surface area (Å²) in [6.07, 6.45) is -5.31. The number of ether oxygens (including phenoxy) is 2. The molecule has 2 fully saturated rings. The summed E-state index contributed by atoms with van der Waals surface area (Å²) < 4.78 is 30.9. The van der Waals surface area contributed by atoms with Gasteiger partial charge in [0.05, 0.1) is 25.4 Å². The second-order valence-corrected chi connectivity index (χ2v) is 10.2. The van der Waals surface area contributed by atoms with Gasteiger partial charge in [-0.25, -0.2) is 19.2 Å². The standard InChI is InChI=1S/C19H27N6O11P.H3N/c1-8-5-25(19(31)22-16(8)29)13-4-9(10(6-26)35-13)23-37(32,33)34-7-11-14(27)15(28)17(36-11)24-3-2-12(20)21-18(24)30;/h2-3,5,9-11,13-15,17,26-28H,4,6-7H2,1H3,(H2,20,21,30)(H,22,29,31)(H2,23,32,33);1H3/t9-,10+,11+,13+,14+,15+,17+;/m0./s1. The van der Waals surface area contributed by atoms with E-state index in [-0.39, 0.29) is 24.0 Å². The maximum absolute atomic E-state index is 12.7. The zero-order valence-corrected chi connectivity index (χ0v) is 21.0. The van der Waals surface area contributed by atoms with E-state index in [1.54, 1.807) is 0 Å². The third-order valence-corrected chi connectivity index (χ3v) is 7.23. The molecule has 2 aromatic rings. The highest BCUT2D eigenvalue weighted by molar-refractivity contribution is 7.50. The molecule has 8 atom stereocenters. The third kappa shape index (κ3) is 6.10. The van der Waals surface area contributed by atoms with Gasteiger partial charge in [-0.15, -0.1) is 0 Å². The van der Waals surface area contributed by atoms with E-state index >= 15 is 0 Å². The Morgan fingerprint density at radius 2 is 1.95 bits per heavy atom. The van der Waals surface area contributed by atoms with Crippen LogP contribution in [0.3, 0.4) is 0 Å². The SMILES string of the molecule is Cc1cn([C@H]2C[C@H](NP(=O)(O)OC[C@H]3O[C@@H](n4ccc(N)nc4=O)[C@H](O)[C@@H]3O)[C@@H](CO)O2)c(=O)[nH]c1=O.N. The molecule has 19 heteroatoms. The van der Waals surface area contributed by atoms with E-state index in [1.807, 2.05) is 0 Å². The fourth-order valence-electron chi connectivity index (χ4n) is 4.14. The van der Waals surface area contributed by atoms with Crippen molar-refractivity contribution in [3.63, 3.8) is 0 Å². The number of aliphatic hydroxyl groups is 3. The summed E-state index contributed by atoms with van der Waals surface area (Å²) in [5, 5.41) is 32.6. The first-order valence-electron chi connectivity index (χ1n) is 11.1. The molecule has 1 unspecified atom stereocenters. The van der Waals surface area contributed by atoms with Crippen molar-refractivity contribution >= 4 is 13.6 Å². The summed E-state index contributed by atoms with van der Waals surface area (Å²) in [4.78, 5) is 51.8. The number of anilines is 1. The molecule has 38 heavy (non-hydrogen) atoms. The van der Waals surface area contributed by atoms with Gasteiger partial charge in [-0.3, -0.25) is 23.4 Å². The lowest BCUT2D eigenvalue weighted by Crippen LogP contribution is -2.38. The van der Waals surface area contributed by atoms with Crippen LogP contribution in [0.1, 0.15) is 24.4 Å². The molecule has 11 N–H and O–H groups in total. The monoisotopic (exact) mass is 563 g/mol. The van der Waals surface area contributed by atoms with Crippen molar-refractivity contribution in [2.45, 2.75) is 56.3 Å². The topological polar surface area (TPSA) is 288 Å². The zero-order valence-electron chi connectivity index (χ0n) is 20.1. The van der Waals surface area contributed by atoms with Gasteiger partial charge in [-0.2, -0.15) is 4.98 Å². The first-order chi connectivity index (χ1) is 17.4. The predicted octanol–water partition coefficient (Wildman–Crippen LogP) is -3.18. The molecule has 0 radical (unpaired) electrons. The van der Waals surface area contributed by atoms with E-state index in [0.29, 0.717) is 0 Å². The summed E-state index contributed by atoms with van der Waals surface area (Å²) in [5.74, 6) is -0.0543. The molecule has 0 saturated carbocycles. The highest BCUT2D eigenvalue weighted by Gasteiger charge is 2.46. The van der Waals surface area contributed by atoms with E-state index in [9.17, 15) is 39.2 Å². The minimum absolute atomic E-state index is 0. The van der Waals surface area contributed by atoms with E-state index in [2.05, 4.69) is 15.1 Å². The number of aliphatic hydroxyl groups excluding tert-OH is 3. The van der Waals surface area contributed by atoms with Crippen LogP contribution >= 0.6 is 7.75 Å². The number of aromatic amines is 1. The smallest absolute Gasteiger partial charge is 0.394 e. The molecule has 2 aromatic heterocycles. The van der Waals surface area contributed by atoms with Gasteiger partial charge in [-0.1, -0.05) is 0 Å². The molecule has 212 valence electrons. The lowest BCUT2D eigenvalue weighted by atomic mass is 10.1. The quantitative estimate of drug-likeness (QED) is 0.147. The number of nitrogens with zero attached hydrogens (tertiary/aromatic N) is 3. The Hall–Kier alpha value is -2.77. The van der Waals surface area contributed by atoms with Crippen molar-refractivity contribution in [2.24, 2.45) is 0 Å². The Morgan fingerprint density at radius 3 is 2.61 bits per heavy atom. The predicted molar refractivity (Wildman–Crippen MR) is 128 cm³/mol. The molecule has 4 rings (SSSR count). The molecule has 0 bridgehead atoms. The number of hydrogen-bond donors (Lipinski definition) is 8. The molecular weight excluding hydrogens is 533 g/mol. The molecule has 0 aromatic carbocycles. The maximum Gasteiger partial charge on any atom is 0.403 e. The number of aryl methyl sites for hydroxylation is 1. The van der Waals surface area contributed by atoms with Gasteiger partial charge in [-0.05, 0) is 13.0 Å². The molecule has 0 spiro atoms. The molecule has 18 nitrogen and oxygen atoms in total. The Kier molecular flexibility index (Phi) is 9.04. The molecule has 2 aliphatic heterocycles. The lowest BCUT2D eigenvalue weighted by Gasteiger charge is -2.22. The number of aromatic nitrogens is 4. The van der Waals surface area contributed by atoms with Gasteiger partial charge < -0.3 is 41.6 Å². The van der Waals surface area contributed by atoms with Crippen LogP contribution in [0.15, 0.2) is 32.8 Å². The zero-order chi connectivity index (χ0) is 27.1. The molecule has 4 heterocycles. The number of nitrogen functional groups attached to an aromatic ring is 1. The van der Waals surface area contributed by atoms with E-state index in [0.717, 1.165) is 9.13 Å². The van der Waals surface area contributed by atoms with Crippen LogP contribution in [-0.4, -0.2) is 83.0 Å². The van der Waals surface area contributed by atoms with Gasteiger partial charge in [0.1, 0.15) is 30.4 Å².